The summed E-state index contributed by atoms with van der Waals surface area (Å²) in [6.07, 6.45) is -0.687. The SMILES string of the molecule is CC(O)c1cc2c3ccccc3n(C)c(=O)n2n1. The van der Waals surface area contributed by atoms with Crippen LogP contribution in [0.3, 0.4) is 0 Å². The molecule has 0 spiro atoms. The fourth-order valence-electron chi connectivity index (χ4n) is 2.17. The summed E-state index contributed by atoms with van der Waals surface area (Å²) < 4.78 is 2.89. The van der Waals surface area contributed by atoms with Crippen LogP contribution < -0.4 is 5.69 Å². The van der Waals surface area contributed by atoms with Crippen LogP contribution in [0, 0.1) is 0 Å². The van der Waals surface area contributed by atoms with Crippen LogP contribution in [0.25, 0.3) is 16.4 Å². The maximum atomic E-state index is 12.2. The number of para-hydroxylation sites is 1. The molecule has 0 bridgehead atoms. The summed E-state index contributed by atoms with van der Waals surface area (Å²) in [5, 5.41) is 14.7. The van der Waals surface area contributed by atoms with Crippen molar-refractivity contribution in [3.8, 4) is 0 Å². The van der Waals surface area contributed by atoms with Gasteiger partial charge in [0, 0.05) is 12.4 Å². The van der Waals surface area contributed by atoms with E-state index in [1.165, 1.54) is 4.52 Å². The molecule has 1 atom stereocenters. The van der Waals surface area contributed by atoms with Crippen LogP contribution in [-0.4, -0.2) is 19.3 Å². The van der Waals surface area contributed by atoms with E-state index in [-0.39, 0.29) is 5.69 Å². The molecular formula is C13H13N3O2. The molecule has 0 aliphatic rings. The van der Waals surface area contributed by atoms with Crippen LogP contribution in [0.1, 0.15) is 18.7 Å². The second kappa shape index (κ2) is 3.68. The number of aromatic nitrogens is 3. The highest BCUT2D eigenvalue weighted by molar-refractivity contribution is 5.93. The molecule has 0 amide bonds. The Morgan fingerprint density at radius 3 is 2.72 bits per heavy atom. The Bertz CT molecular complexity index is 799. The Morgan fingerprint density at radius 1 is 1.28 bits per heavy atom. The maximum Gasteiger partial charge on any atom is 0.349 e. The molecule has 1 aromatic carbocycles. The molecule has 1 N–H and O–H groups in total. The third-order valence-corrected chi connectivity index (χ3v) is 3.17. The minimum absolute atomic E-state index is 0.212. The number of aliphatic hydroxyl groups excluding tert-OH is 1. The van der Waals surface area contributed by atoms with Crippen molar-refractivity contribution >= 4 is 16.4 Å². The predicted octanol–water partition coefficient (Wildman–Crippen LogP) is 1.24. The van der Waals surface area contributed by atoms with Gasteiger partial charge < -0.3 is 5.11 Å². The van der Waals surface area contributed by atoms with Gasteiger partial charge in [-0.2, -0.15) is 9.61 Å². The van der Waals surface area contributed by atoms with Gasteiger partial charge >= 0.3 is 5.69 Å². The lowest BCUT2D eigenvalue weighted by atomic mass is 10.2. The maximum absolute atomic E-state index is 12.2. The molecule has 0 aliphatic heterocycles. The summed E-state index contributed by atoms with van der Waals surface area (Å²) in [6, 6.07) is 9.41. The molecule has 0 saturated carbocycles. The third kappa shape index (κ3) is 1.37. The first-order valence-electron chi connectivity index (χ1n) is 5.75. The molecule has 18 heavy (non-hydrogen) atoms. The van der Waals surface area contributed by atoms with Crippen molar-refractivity contribution < 1.29 is 5.11 Å². The number of aliphatic hydroxyl groups is 1. The van der Waals surface area contributed by atoms with Crippen molar-refractivity contribution in [2.24, 2.45) is 7.05 Å². The molecule has 0 fully saturated rings. The van der Waals surface area contributed by atoms with Gasteiger partial charge in [0.15, 0.2) is 0 Å². The van der Waals surface area contributed by atoms with Crippen LogP contribution in [-0.2, 0) is 7.05 Å². The molecular weight excluding hydrogens is 230 g/mol. The summed E-state index contributed by atoms with van der Waals surface area (Å²) in [5.74, 6) is 0. The molecule has 1 unspecified atom stereocenters. The predicted molar refractivity (Wildman–Crippen MR) is 68.6 cm³/mol. The molecule has 92 valence electrons. The van der Waals surface area contributed by atoms with Crippen molar-refractivity contribution in [3.63, 3.8) is 0 Å². The molecule has 5 heteroatoms. The normalized spacial score (nSPS) is 13.3. The first kappa shape index (κ1) is 11.0. The summed E-state index contributed by atoms with van der Waals surface area (Å²) in [5.41, 5.74) is 1.87. The van der Waals surface area contributed by atoms with Crippen LogP contribution in [0.15, 0.2) is 35.1 Å². The number of nitrogens with zero attached hydrogens (tertiary/aromatic N) is 3. The van der Waals surface area contributed by atoms with Crippen molar-refractivity contribution in [3.05, 3.63) is 46.5 Å². The summed E-state index contributed by atoms with van der Waals surface area (Å²) >= 11 is 0. The lowest BCUT2D eigenvalue weighted by molar-refractivity contribution is 0.194. The van der Waals surface area contributed by atoms with Crippen LogP contribution in [0.2, 0.25) is 0 Å². The Hall–Kier alpha value is -2.14. The minimum Gasteiger partial charge on any atom is -0.387 e. The van der Waals surface area contributed by atoms with Crippen LogP contribution >= 0.6 is 0 Å². The van der Waals surface area contributed by atoms with E-state index in [2.05, 4.69) is 5.10 Å². The monoisotopic (exact) mass is 243 g/mol. The molecule has 3 aromatic rings. The van der Waals surface area contributed by atoms with Gasteiger partial charge in [-0.05, 0) is 19.1 Å². The Balaban J connectivity index is 2.57. The molecule has 3 rings (SSSR count). The van der Waals surface area contributed by atoms with E-state index < -0.39 is 6.10 Å². The van der Waals surface area contributed by atoms with E-state index >= 15 is 0 Å². The lowest BCUT2D eigenvalue weighted by Crippen LogP contribution is -2.25. The number of rotatable bonds is 1. The molecule has 2 aromatic heterocycles. The highest BCUT2D eigenvalue weighted by atomic mass is 16.3. The Labute approximate surface area is 103 Å². The zero-order valence-electron chi connectivity index (χ0n) is 10.2. The highest BCUT2D eigenvalue weighted by Crippen LogP contribution is 2.20. The van der Waals surface area contributed by atoms with Crippen molar-refractivity contribution in [1.82, 2.24) is 14.2 Å². The van der Waals surface area contributed by atoms with Gasteiger partial charge in [0.2, 0.25) is 0 Å². The summed E-state index contributed by atoms with van der Waals surface area (Å²) in [4.78, 5) is 12.2. The molecule has 0 aliphatic carbocycles. The quantitative estimate of drug-likeness (QED) is 0.699. The van der Waals surface area contributed by atoms with Gasteiger partial charge in [0.05, 0.1) is 22.8 Å². The van der Waals surface area contributed by atoms with E-state index in [0.717, 1.165) is 16.4 Å². The lowest BCUT2D eigenvalue weighted by Gasteiger charge is -2.05. The van der Waals surface area contributed by atoms with Crippen molar-refractivity contribution in [2.45, 2.75) is 13.0 Å². The van der Waals surface area contributed by atoms with Crippen LogP contribution in [0.4, 0.5) is 0 Å². The largest absolute Gasteiger partial charge is 0.387 e. The van der Waals surface area contributed by atoms with Gasteiger partial charge in [0.1, 0.15) is 0 Å². The average molecular weight is 243 g/mol. The molecule has 0 radical (unpaired) electrons. The van der Waals surface area contributed by atoms with Gasteiger partial charge in [-0.1, -0.05) is 18.2 Å². The van der Waals surface area contributed by atoms with Crippen molar-refractivity contribution in [2.75, 3.05) is 0 Å². The second-order valence-electron chi connectivity index (χ2n) is 4.40. The number of fused-ring (bicyclic) bond motifs is 3. The van der Waals surface area contributed by atoms with Gasteiger partial charge in [-0.25, -0.2) is 4.79 Å². The van der Waals surface area contributed by atoms with E-state index in [0.29, 0.717) is 5.69 Å². The van der Waals surface area contributed by atoms with Crippen molar-refractivity contribution in [1.29, 1.82) is 0 Å². The topological polar surface area (TPSA) is 59.5 Å². The van der Waals surface area contributed by atoms with E-state index in [4.69, 9.17) is 0 Å². The molecule has 5 nitrogen and oxygen atoms in total. The van der Waals surface area contributed by atoms with Gasteiger partial charge in [-0.3, -0.25) is 4.57 Å². The number of hydrogen-bond donors (Lipinski definition) is 1. The zero-order chi connectivity index (χ0) is 12.9. The van der Waals surface area contributed by atoms with Crippen LogP contribution in [0.5, 0.6) is 0 Å². The third-order valence-electron chi connectivity index (χ3n) is 3.17. The second-order valence-corrected chi connectivity index (χ2v) is 4.40. The zero-order valence-corrected chi connectivity index (χ0v) is 10.2. The summed E-state index contributed by atoms with van der Waals surface area (Å²) in [7, 11) is 1.72. The average Bonchev–Trinajstić information content (AvgIpc) is 2.81. The molecule has 2 heterocycles. The number of hydrogen-bond acceptors (Lipinski definition) is 3. The number of aryl methyl sites for hydroxylation is 1. The number of benzene rings is 1. The van der Waals surface area contributed by atoms with E-state index in [1.807, 2.05) is 24.3 Å². The Morgan fingerprint density at radius 2 is 2.00 bits per heavy atom. The fraction of sp³-hybridized carbons (Fsp3) is 0.231. The minimum atomic E-state index is -0.687. The summed E-state index contributed by atoms with van der Waals surface area (Å²) in [6.45, 7) is 1.63. The van der Waals surface area contributed by atoms with Gasteiger partial charge in [0.25, 0.3) is 0 Å². The van der Waals surface area contributed by atoms with E-state index in [9.17, 15) is 9.90 Å². The first-order chi connectivity index (χ1) is 8.59. The fourth-order valence-corrected chi connectivity index (χ4v) is 2.17. The smallest absolute Gasteiger partial charge is 0.349 e. The standard InChI is InChI=1S/C13H13N3O2/c1-8(17)10-7-12-9-5-3-4-6-11(9)15(2)13(18)16(12)14-10/h3-8,17H,1-2H3. The highest BCUT2D eigenvalue weighted by Gasteiger charge is 2.13. The van der Waals surface area contributed by atoms with Gasteiger partial charge in [-0.15, -0.1) is 0 Å². The first-order valence-corrected chi connectivity index (χ1v) is 5.75. The Kier molecular flexibility index (Phi) is 2.24. The molecule has 0 saturated heterocycles. The van der Waals surface area contributed by atoms with E-state index in [1.54, 1.807) is 24.6 Å².